The Labute approximate surface area is 134 Å². The minimum absolute atomic E-state index is 0. The fourth-order valence-corrected chi connectivity index (χ4v) is 3.70. The smallest absolute Gasteiger partial charge is 0.276 e. The lowest BCUT2D eigenvalue weighted by molar-refractivity contribution is -0.385. The van der Waals surface area contributed by atoms with Crippen molar-refractivity contribution in [2.24, 2.45) is 0 Å². The van der Waals surface area contributed by atoms with Crippen LogP contribution in [0.5, 0.6) is 0 Å². The molecular weight excluding hydrogens is 337 g/mol. The molecule has 0 unspecified atom stereocenters. The van der Waals surface area contributed by atoms with Gasteiger partial charge in [0.25, 0.3) is 5.69 Å². The van der Waals surface area contributed by atoms with Gasteiger partial charge in [0.2, 0.25) is 10.0 Å². The second-order valence-electron chi connectivity index (χ2n) is 4.81. The zero-order chi connectivity index (χ0) is 15.6. The maximum Gasteiger partial charge on any atom is 0.276 e. The first-order valence-corrected chi connectivity index (χ1v) is 7.93. The van der Waals surface area contributed by atoms with E-state index in [0.717, 1.165) is 12.1 Å². The molecule has 124 valence electrons. The van der Waals surface area contributed by atoms with Crippen LogP contribution in [0.1, 0.15) is 12.0 Å². The van der Waals surface area contributed by atoms with E-state index in [0.29, 0.717) is 26.1 Å². The number of sulfonamides is 1. The molecule has 0 bridgehead atoms. The Kier molecular flexibility index (Phi) is 6.24. The van der Waals surface area contributed by atoms with Gasteiger partial charge in [0, 0.05) is 25.7 Å². The van der Waals surface area contributed by atoms with Gasteiger partial charge in [0.05, 0.1) is 15.4 Å². The molecule has 1 saturated heterocycles. The molecule has 2 rings (SSSR count). The van der Waals surface area contributed by atoms with Crippen LogP contribution in [0.3, 0.4) is 0 Å². The molecule has 0 atom stereocenters. The number of nitro groups is 1. The summed E-state index contributed by atoms with van der Waals surface area (Å²) in [5, 5.41) is 14.0. The van der Waals surface area contributed by atoms with E-state index in [9.17, 15) is 22.9 Å². The Hall–Kier alpha value is -1.29. The number of hydrogen-bond donors (Lipinski definition) is 1. The van der Waals surface area contributed by atoms with Crippen LogP contribution in [0.4, 0.5) is 10.1 Å². The van der Waals surface area contributed by atoms with Crippen molar-refractivity contribution in [1.29, 1.82) is 0 Å². The molecule has 1 fully saturated rings. The number of hydrogen-bond acceptors (Lipinski definition) is 5. The van der Waals surface area contributed by atoms with Crippen LogP contribution >= 0.6 is 12.4 Å². The number of benzene rings is 1. The summed E-state index contributed by atoms with van der Waals surface area (Å²) in [7, 11) is -3.93. The predicted octanol–water partition coefficient (Wildman–Crippen LogP) is 1.45. The van der Waals surface area contributed by atoms with E-state index in [1.807, 2.05) is 0 Å². The zero-order valence-corrected chi connectivity index (χ0v) is 13.5. The highest BCUT2D eigenvalue weighted by Crippen LogP contribution is 2.27. The second kappa shape index (κ2) is 7.32. The van der Waals surface area contributed by atoms with E-state index < -0.39 is 26.5 Å². The fraction of sp³-hybridized carbons (Fsp3) is 0.500. The fourth-order valence-electron chi connectivity index (χ4n) is 2.19. The quantitative estimate of drug-likeness (QED) is 0.655. The Morgan fingerprint density at radius 1 is 1.32 bits per heavy atom. The van der Waals surface area contributed by atoms with Crippen LogP contribution < -0.4 is 5.32 Å². The van der Waals surface area contributed by atoms with Gasteiger partial charge in [-0.25, -0.2) is 12.8 Å². The summed E-state index contributed by atoms with van der Waals surface area (Å²) in [6.45, 7) is 3.01. The van der Waals surface area contributed by atoms with Crippen molar-refractivity contribution >= 4 is 28.1 Å². The van der Waals surface area contributed by atoms with E-state index in [-0.39, 0.29) is 29.4 Å². The Morgan fingerprint density at radius 2 is 2.00 bits per heavy atom. The van der Waals surface area contributed by atoms with E-state index in [4.69, 9.17) is 0 Å². The van der Waals surface area contributed by atoms with Gasteiger partial charge in [-0.1, -0.05) is 0 Å². The number of halogens is 2. The summed E-state index contributed by atoms with van der Waals surface area (Å²) in [4.78, 5) is 9.75. The van der Waals surface area contributed by atoms with Gasteiger partial charge in [-0.2, -0.15) is 4.31 Å². The molecule has 7 nitrogen and oxygen atoms in total. The Bertz CT molecular complexity index is 661. The third kappa shape index (κ3) is 3.72. The predicted molar refractivity (Wildman–Crippen MR) is 81.3 cm³/mol. The van der Waals surface area contributed by atoms with Crippen LogP contribution in [-0.4, -0.2) is 43.8 Å². The Balaban J connectivity index is 0.00000242. The summed E-state index contributed by atoms with van der Waals surface area (Å²) >= 11 is 0. The van der Waals surface area contributed by atoms with Gasteiger partial charge in [0.1, 0.15) is 5.82 Å². The summed E-state index contributed by atoms with van der Waals surface area (Å²) in [5.41, 5.74) is -0.696. The highest BCUT2D eigenvalue weighted by molar-refractivity contribution is 7.89. The van der Waals surface area contributed by atoms with Gasteiger partial charge in [0.15, 0.2) is 0 Å². The third-order valence-corrected chi connectivity index (χ3v) is 5.30. The molecule has 0 amide bonds. The highest BCUT2D eigenvalue weighted by atomic mass is 35.5. The molecular formula is C12H17ClFN3O4S. The van der Waals surface area contributed by atoms with E-state index in [2.05, 4.69) is 5.32 Å². The molecule has 1 aliphatic rings. The SMILES string of the molecule is Cc1c(F)cc(S(=O)(=O)N2CCCNCC2)cc1[N+](=O)[O-].Cl. The average molecular weight is 354 g/mol. The molecule has 0 aliphatic carbocycles. The highest BCUT2D eigenvalue weighted by Gasteiger charge is 2.28. The molecule has 0 radical (unpaired) electrons. The van der Waals surface area contributed by atoms with Crippen LogP contribution in [-0.2, 0) is 10.0 Å². The monoisotopic (exact) mass is 353 g/mol. The maximum atomic E-state index is 13.8. The number of nitrogens with one attached hydrogen (secondary N) is 1. The number of rotatable bonds is 3. The molecule has 0 saturated carbocycles. The minimum Gasteiger partial charge on any atom is -0.315 e. The first kappa shape index (κ1) is 18.8. The zero-order valence-electron chi connectivity index (χ0n) is 11.9. The molecule has 1 heterocycles. The number of nitrogens with zero attached hydrogens (tertiary/aromatic N) is 2. The lowest BCUT2D eigenvalue weighted by atomic mass is 10.2. The standard InChI is InChI=1S/C12H16FN3O4S.ClH/c1-9-11(13)7-10(8-12(9)16(17)18)21(19,20)15-5-2-3-14-4-6-15;/h7-8,14H,2-6H2,1H3;1H. The first-order valence-electron chi connectivity index (χ1n) is 6.49. The third-order valence-electron chi connectivity index (χ3n) is 3.42. The van der Waals surface area contributed by atoms with Crippen LogP contribution in [0.2, 0.25) is 0 Å². The molecule has 1 aromatic carbocycles. The molecule has 0 spiro atoms. The summed E-state index contributed by atoms with van der Waals surface area (Å²) in [6, 6.07) is 1.77. The maximum absolute atomic E-state index is 13.8. The van der Waals surface area contributed by atoms with Crippen molar-refractivity contribution < 1.29 is 17.7 Å². The number of nitro benzene ring substituents is 1. The Morgan fingerprint density at radius 3 is 2.64 bits per heavy atom. The van der Waals surface area contributed by atoms with Crippen molar-refractivity contribution in [2.45, 2.75) is 18.2 Å². The molecule has 1 aromatic rings. The first-order chi connectivity index (χ1) is 9.84. The van der Waals surface area contributed by atoms with Crippen molar-refractivity contribution in [3.8, 4) is 0 Å². The molecule has 1 aliphatic heterocycles. The van der Waals surface area contributed by atoms with Crippen LogP contribution in [0, 0.1) is 22.9 Å². The normalized spacial score (nSPS) is 16.6. The van der Waals surface area contributed by atoms with Crippen molar-refractivity contribution in [1.82, 2.24) is 9.62 Å². The summed E-state index contributed by atoms with van der Waals surface area (Å²) in [6.07, 6.45) is 0.635. The lowest BCUT2D eigenvalue weighted by Crippen LogP contribution is -2.34. The van der Waals surface area contributed by atoms with Crippen LogP contribution in [0.25, 0.3) is 0 Å². The summed E-state index contributed by atoms with van der Waals surface area (Å²) < 4.78 is 40.0. The molecule has 1 N–H and O–H groups in total. The van der Waals surface area contributed by atoms with E-state index in [1.165, 1.54) is 11.2 Å². The largest absolute Gasteiger partial charge is 0.315 e. The molecule has 10 heteroatoms. The van der Waals surface area contributed by atoms with E-state index in [1.54, 1.807) is 0 Å². The van der Waals surface area contributed by atoms with Crippen molar-refractivity contribution in [3.63, 3.8) is 0 Å². The van der Waals surface area contributed by atoms with Gasteiger partial charge in [-0.3, -0.25) is 10.1 Å². The topological polar surface area (TPSA) is 92.6 Å². The van der Waals surface area contributed by atoms with Crippen molar-refractivity contribution in [3.05, 3.63) is 33.6 Å². The van der Waals surface area contributed by atoms with Crippen molar-refractivity contribution in [2.75, 3.05) is 26.2 Å². The van der Waals surface area contributed by atoms with Gasteiger partial charge >= 0.3 is 0 Å². The van der Waals surface area contributed by atoms with Gasteiger partial charge in [-0.15, -0.1) is 12.4 Å². The molecule has 0 aromatic heterocycles. The lowest BCUT2D eigenvalue weighted by Gasteiger charge is -2.19. The average Bonchev–Trinajstić information content (AvgIpc) is 2.70. The van der Waals surface area contributed by atoms with E-state index >= 15 is 0 Å². The van der Waals surface area contributed by atoms with Gasteiger partial charge in [-0.05, 0) is 26.0 Å². The molecule has 22 heavy (non-hydrogen) atoms. The minimum atomic E-state index is -3.93. The second-order valence-corrected chi connectivity index (χ2v) is 6.75. The summed E-state index contributed by atoms with van der Waals surface area (Å²) in [5.74, 6) is -0.893. The van der Waals surface area contributed by atoms with Crippen LogP contribution in [0.15, 0.2) is 17.0 Å². The van der Waals surface area contributed by atoms with Gasteiger partial charge < -0.3 is 5.32 Å².